The zero-order valence-corrected chi connectivity index (χ0v) is 29.2. The number of carbonyl (C=O) groups is 6. The number of β-lactam (4-membered cyclic amide) rings is 2. The van der Waals surface area contributed by atoms with Gasteiger partial charge in [-0.1, -0.05) is 46.3 Å². The number of hydrogen-bond donors (Lipinski definition) is 3. The Hall–Kier alpha value is -3.02. The van der Waals surface area contributed by atoms with E-state index >= 15 is 0 Å². The van der Waals surface area contributed by atoms with Crippen LogP contribution in [-0.2, 0) is 38.2 Å². The lowest BCUT2D eigenvalue weighted by molar-refractivity contribution is -0.180. The number of amides is 3. The first kappa shape index (κ1) is 35.8. The second-order valence-corrected chi connectivity index (χ2v) is 16.5. The number of esters is 1. The molecule has 1 aromatic rings. The van der Waals surface area contributed by atoms with E-state index in [2.05, 4.69) is 26.0 Å². The van der Waals surface area contributed by atoms with E-state index in [9.17, 15) is 28.8 Å². The van der Waals surface area contributed by atoms with E-state index in [1.807, 2.05) is 19.9 Å². The molecular weight excluding hydrogens is 708 g/mol. The molecule has 5 rings (SSSR count). The lowest BCUT2D eigenvalue weighted by Crippen LogP contribution is -2.71. The van der Waals surface area contributed by atoms with Gasteiger partial charge in [0.1, 0.15) is 39.7 Å². The molecule has 4 heterocycles. The minimum atomic E-state index is -1.18. The van der Waals surface area contributed by atoms with Gasteiger partial charge in [-0.25, -0.2) is 14.4 Å². The molecule has 17 heteroatoms. The van der Waals surface area contributed by atoms with E-state index in [4.69, 9.17) is 20.3 Å². The van der Waals surface area contributed by atoms with E-state index in [1.165, 1.54) is 28.5 Å². The largest absolute Gasteiger partial charge is 0.511 e. The number of aliphatic carboxylic acids is 1. The summed E-state index contributed by atoms with van der Waals surface area (Å²) in [5, 5.41) is 11.3. The molecule has 0 saturated carbocycles. The molecular formula is C29H37BrN4O10S2. The highest BCUT2D eigenvalue weighted by molar-refractivity contribution is 9.10. The molecule has 252 valence electrons. The Morgan fingerprint density at radius 1 is 0.978 bits per heavy atom. The Labute approximate surface area is 282 Å². The van der Waals surface area contributed by atoms with Crippen LogP contribution in [0.2, 0.25) is 0 Å². The molecule has 0 spiro atoms. The number of halogens is 1. The van der Waals surface area contributed by atoms with Gasteiger partial charge in [-0.15, -0.1) is 23.5 Å². The zero-order valence-electron chi connectivity index (χ0n) is 26.0. The van der Waals surface area contributed by atoms with Crippen LogP contribution in [0.1, 0.15) is 53.1 Å². The SMILES string of the molecule is CC1(C)S[C@@H]2[C@H](Br)C(=O)N2[C@H]1C(=O)O.CCOC(=O)OC(C)OC(=O)[C@@H]1N2C(=O)[C@@H](NC(=O)[C@H](N)c3ccccc3)[C@H]2SC1(C)C. The van der Waals surface area contributed by atoms with Crippen molar-refractivity contribution in [2.75, 3.05) is 6.61 Å². The number of benzene rings is 1. The molecule has 0 aromatic heterocycles. The normalized spacial score (nSPS) is 29.4. The van der Waals surface area contributed by atoms with Crippen molar-refractivity contribution in [3.63, 3.8) is 0 Å². The number of nitrogens with one attached hydrogen (secondary N) is 1. The predicted octanol–water partition coefficient (Wildman–Crippen LogP) is 2.19. The van der Waals surface area contributed by atoms with Gasteiger partial charge in [0.15, 0.2) is 0 Å². The number of carbonyl (C=O) groups excluding carboxylic acids is 5. The van der Waals surface area contributed by atoms with Crippen LogP contribution in [0.5, 0.6) is 0 Å². The summed E-state index contributed by atoms with van der Waals surface area (Å²) >= 11 is 6.18. The molecule has 0 aliphatic carbocycles. The van der Waals surface area contributed by atoms with Crippen molar-refractivity contribution < 1.29 is 48.1 Å². The average Bonchev–Trinajstić information content (AvgIpc) is 3.40. The first-order chi connectivity index (χ1) is 21.4. The third-order valence-corrected chi connectivity index (χ3v) is 12.2. The maximum Gasteiger partial charge on any atom is 0.511 e. The van der Waals surface area contributed by atoms with E-state index < -0.39 is 75.2 Å². The van der Waals surface area contributed by atoms with Crippen molar-refractivity contribution in [1.82, 2.24) is 15.1 Å². The molecule has 3 amide bonds. The Bertz CT molecular complexity index is 1400. The Morgan fingerprint density at radius 3 is 2.13 bits per heavy atom. The number of ether oxygens (including phenoxy) is 3. The fourth-order valence-corrected chi connectivity index (χ4v) is 9.66. The van der Waals surface area contributed by atoms with Gasteiger partial charge in [0.2, 0.25) is 24.0 Å². The predicted molar refractivity (Wildman–Crippen MR) is 171 cm³/mol. The monoisotopic (exact) mass is 744 g/mol. The summed E-state index contributed by atoms with van der Waals surface area (Å²) in [6.07, 6.45) is -2.14. The van der Waals surface area contributed by atoms with Crippen LogP contribution in [0, 0.1) is 0 Å². The molecule has 14 nitrogen and oxygen atoms in total. The minimum absolute atomic E-state index is 0.0152. The van der Waals surface area contributed by atoms with Gasteiger partial charge in [-0.2, -0.15) is 0 Å². The summed E-state index contributed by atoms with van der Waals surface area (Å²) in [5.74, 6) is -2.61. The van der Waals surface area contributed by atoms with Gasteiger partial charge in [-0.3, -0.25) is 14.4 Å². The molecule has 0 bridgehead atoms. The summed E-state index contributed by atoms with van der Waals surface area (Å²) in [4.78, 5) is 74.8. The summed E-state index contributed by atoms with van der Waals surface area (Å²) in [7, 11) is 0. The van der Waals surface area contributed by atoms with Crippen LogP contribution in [0.25, 0.3) is 0 Å². The van der Waals surface area contributed by atoms with Crippen LogP contribution in [0.3, 0.4) is 0 Å². The second kappa shape index (κ2) is 13.6. The van der Waals surface area contributed by atoms with Crippen molar-refractivity contribution in [1.29, 1.82) is 0 Å². The maximum absolute atomic E-state index is 12.8. The van der Waals surface area contributed by atoms with E-state index in [1.54, 1.807) is 56.8 Å². The molecule has 4 aliphatic rings. The molecule has 0 radical (unpaired) electrons. The Kier molecular flexibility index (Phi) is 10.6. The molecule has 46 heavy (non-hydrogen) atoms. The fourth-order valence-electron chi connectivity index (χ4n) is 5.69. The summed E-state index contributed by atoms with van der Waals surface area (Å²) in [6, 6.07) is 5.51. The van der Waals surface area contributed by atoms with Gasteiger partial charge in [-0.05, 0) is 40.2 Å². The zero-order chi connectivity index (χ0) is 34.3. The number of thioether (sulfide) groups is 2. The number of carboxylic acid groups (broad SMARTS) is 1. The van der Waals surface area contributed by atoms with Gasteiger partial charge in [0.25, 0.3) is 0 Å². The third-order valence-electron chi connectivity index (χ3n) is 7.82. The van der Waals surface area contributed by atoms with Crippen LogP contribution in [-0.4, -0.2) is 107 Å². The highest BCUT2D eigenvalue weighted by atomic mass is 79.9. The van der Waals surface area contributed by atoms with E-state index in [0.29, 0.717) is 5.56 Å². The van der Waals surface area contributed by atoms with Gasteiger partial charge in [0, 0.05) is 16.4 Å². The Balaban J connectivity index is 0.000000284. The van der Waals surface area contributed by atoms with Crippen LogP contribution >= 0.6 is 39.5 Å². The third kappa shape index (κ3) is 6.82. The van der Waals surface area contributed by atoms with Gasteiger partial charge >= 0.3 is 18.1 Å². The van der Waals surface area contributed by atoms with E-state index in [-0.39, 0.29) is 22.7 Å². The fraction of sp³-hybridized carbons (Fsp3) is 0.586. The summed E-state index contributed by atoms with van der Waals surface area (Å²) in [5.41, 5.74) is 6.65. The van der Waals surface area contributed by atoms with Crippen LogP contribution < -0.4 is 11.1 Å². The number of nitrogens with zero attached hydrogens (tertiary/aromatic N) is 2. The first-order valence-electron chi connectivity index (χ1n) is 14.4. The number of fused-ring (bicyclic) bond motifs is 2. The molecule has 4 N–H and O–H groups in total. The van der Waals surface area contributed by atoms with Crippen LogP contribution in [0.15, 0.2) is 30.3 Å². The highest BCUT2D eigenvalue weighted by Crippen LogP contribution is 2.53. The molecule has 1 unspecified atom stereocenters. The lowest BCUT2D eigenvalue weighted by atomic mass is 9.95. The average molecular weight is 746 g/mol. The van der Waals surface area contributed by atoms with Crippen molar-refractivity contribution in [2.24, 2.45) is 5.73 Å². The number of nitrogens with two attached hydrogens (primary N) is 1. The Morgan fingerprint density at radius 2 is 1.54 bits per heavy atom. The number of carboxylic acids is 1. The molecule has 1 aromatic carbocycles. The van der Waals surface area contributed by atoms with E-state index in [0.717, 1.165) is 0 Å². The van der Waals surface area contributed by atoms with Crippen molar-refractivity contribution >= 4 is 75.3 Å². The number of hydrogen-bond acceptors (Lipinski definition) is 12. The van der Waals surface area contributed by atoms with Gasteiger partial charge < -0.3 is 40.2 Å². The standard InChI is InChI=1S/C21H27N3O7S.C8H10BrNO3S/c1-5-29-20(28)31-11(2)30-19(27)15-21(3,4)32-18-14(17(26)24(15)18)23-16(25)13(22)12-9-7-6-8-10-12;1-8(2)4(7(12)13)10-5(11)3(9)6(10)14-8/h6-11,13-15,18H,5,22H2,1-4H3,(H,23,25);3-4,6H,1-2H3,(H,12,13)/t11?,13-,14-,15+,18-;3-,4+,6-/m11/s1. The second-order valence-electron chi connectivity index (χ2n) is 11.9. The quantitative estimate of drug-likeness (QED) is 0.152. The molecule has 4 fully saturated rings. The van der Waals surface area contributed by atoms with Crippen molar-refractivity contribution in [3.05, 3.63) is 35.9 Å². The molecule has 4 aliphatic heterocycles. The molecule has 4 saturated heterocycles. The smallest absolute Gasteiger partial charge is 0.480 e. The lowest BCUT2D eigenvalue weighted by Gasteiger charge is -2.44. The molecule has 8 atom stereocenters. The van der Waals surface area contributed by atoms with Crippen LogP contribution in [0.4, 0.5) is 4.79 Å². The summed E-state index contributed by atoms with van der Waals surface area (Å²) in [6.45, 7) is 10.5. The van der Waals surface area contributed by atoms with Crippen molar-refractivity contribution in [3.8, 4) is 0 Å². The number of rotatable bonds is 8. The first-order valence-corrected chi connectivity index (χ1v) is 17.1. The van der Waals surface area contributed by atoms with Gasteiger partial charge in [0.05, 0.1) is 6.61 Å². The minimum Gasteiger partial charge on any atom is -0.480 e. The topological polar surface area (TPSA) is 195 Å². The van der Waals surface area contributed by atoms with Crippen molar-refractivity contribution in [2.45, 2.75) is 97.1 Å². The number of alkyl halides is 1. The summed E-state index contributed by atoms with van der Waals surface area (Å²) < 4.78 is 13.6. The highest BCUT2D eigenvalue weighted by Gasteiger charge is 2.65. The maximum atomic E-state index is 12.8.